The Hall–Kier alpha value is -2.58. The van der Waals surface area contributed by atoms with Gasteiger partial charge in [0.05, 0.1) is 12.1 Å². The smallest absolute Gasteiger partial charge is 0.410 e. The first-order valence-electron chi connectivity index (χ1n) is 7.71. The first-order valence-corrected chi connectivity index (χ1v) is 8.09. The predicted molar refractivity (Wildman–Crippen MR) is 89.3 cm³/mol. The van der Waals surface area contributed by atoms with Gasteiger partial charge >= 0.3 is 6.09 Å². The van der Waals surface area contributed by atoms with E-state index in [9.17, 15) is 10.1 Å². The monoisotopic (exact) mass is 341 g/mol. The molecule has 0 radical (unpaired) electrons. The van der Waals surface area contributed by atoms with Gasteiger partial charge in [0.15, 0.2) is 0 Å². The number of halogens is 1. The molecule has 0 aliphatic carbocycles. The molecule has 3 rings (SSSR count). The van der Waals surface area contributed by atoms with Crippen LogP contribution in [0.15, 0.2) is 36.5 Å². The molecule has 1 aliphatic heterocycles. The van der Waals surface area contributed by atoms with Crippen molar-refractivity contribution in [2.24, 2.45) is 0 Å². The van der Waals surface area contributed by atoms with Crippen molar-refractivity contribution in [3.63, 3.8) is 0 Å². The number of hydrogen-bond acceptors (Lipinski definition) is 4. The van der Waals surface area contributed by atoms with Crippen LogP contribution in [0.5, 0.6) is 0 Å². The normalized spacial score (nSPS) is 13.6. The summed E-state index contributed by atoms with van der Waals surface area (Å²) >= 11 is 5.99. The fourth-order valence-corrected chi connectivity index (χ4v) is 3.00. The first-order chi connectivity index (χ1) is 11.7. The molecule has 2 heterocycles. The Morgan fingerprint density at radius 2 is 2.17 bits per heavy atom. The minimum Gasteiger partial charge on any atom is -0.445 e. The van der Waals surface area contributed by atoms with Crippen molar-refractivity contribution < 1.29 is 9.53 Å². The number of amides is 1. The SMILES string of the molecule is N#Cc1c(Cl)ncc2c1CCCN(C(=O)OCc1ccccc1)C2. The number of hydrogen-bond donors (Lipinski definition) is 0. The van der Waals surface area contributed by atoms with E-state index in [4.69, 9.17) is 16.3 Å². The van der Waals surface area contributed by atoms with Gasteiger partial charge in [-0.1, -0.05) is 41.9 Å². The Labute approximate surface area is 145 Å². The molecule has 1 amide bonds. The van der Waals surface area contributed by atoms with E-state index in [1.54, 1.807) is 11.1 Å². The van der Waals surface area contributed by atoms with Gasteiger partial charge in [0.25, 0.3) is 0 Å². The second kappa shape index (κ2) is 7.33. The zero-order chi connectivity index (χ0) is 16.9. The average Bonchev–Trinajstić information content (AvgIpc) is 2.83. The first kappa shape index (κ1) is 16.3. The van der Waals surface area contributed by atoms with Crippen LogP contribution in [0.3, 0.4) is 0 Å². The maximum Gasteiger partial charge on any atom is 0.410 e. The molecule has 0 unspecified atom stereocenters. The Bertz CT molecular complexity index is 787. The predicted octanol–water partition coefficient (Wildman–Crippen LogP) is 3.69. The summed E-state index contributed by atoms with van der Waals surface area (Å²) in [6.07, 6.45) is 2.73. The largest absolute Gasteiger partial charge is 0.445 e. The molecular weight excluding hydrogens is 326 g/mol. The standard InChI is InChI=1S/C18H16ClN3O2/c19-17-16(9-20)15-7-4-8-22(11-14(15)10-21-17)18(23)24-12-13-5-2-1-3-6-13/h1-3,5-6,10H,4,7-8,11-12H2. The number of carbonyl (C=O) groups is 1. The lowest BCUT2D eigenvalue weighted by Crippen LogP contribution is -2.31. The summed E-state index contributed by atoms with van der Waals surface area (Å²) in [6.45, 7) is 1.19. The molecule has 122 valence electrons. The molecule has 6 heteroatoms. The number of aromatic nitrogens is 1. The Kier molecular flexibility index (Phi) is 4.97. The number of rotatable bonds is 2. The second-order valence-electron chi connectivity index (χ2n) is 5.60. The number of carbonyl (C=O) groups excluding carboxylic acids is 1. The summed E-state index contributed by atoms with van der Waals surface area (Å²) < 4.78 is 5.39. The topological polar surface area (TPSA) is 66.2 Å². The lowest BCUT2D eigenvalue weighted by molar-refractivity contribution is 0.0942. The van der Waals surface area contributed by atoms with Crippen molar-refractivity contribution >= 4 is 17.7 Å². The number of ether oxygens (including phenoxy) is 1. The zero-order valence-electron chi connectivity index (χ0n) is 13.0. The van der Waals surface area contributed by atoms with Gasteiger partial charge < -0.3 is 9.64 Å². The van der Waals surface area contributed by atoms with Crippen molar-refractivity contribution in [1.29, 1.82) is 5.26 Å². The van der Waals surface area contributed by atoms with E-state index >= 15 is 0 Å². The molecule has 0 atom stereocenters. The fourth-order valence-electron chi connectivity index (χ4n) is 2.80. The number of pyridine rings is 1. The van der Waals surface area contributed by atoms with E-state index in [1.807, 2.05) is 30.3 Å². The number of nitriles is 1. The highest BCUT2D eigenvalue weighted by Gasteiger charge is 2.23. The van der Waals surface area contributed by atoms with Gasteiger partial charge in [-0.25, -0.2) is 9.78 Å². The van der Waals surface area contributed by atoms with Gasteiger partial charge in [0.2, 0.25) is 0 Å². The number of nitrogens with zero attached hydrogens (tertiary/aromatic N) is 3. The maximum absolute atomic E-state index is 12.3. The third-order valence-corrected chi connectivity index (χ3v) is 4.31. The van der Waals surface area contributed by atoms with Crippen molar-refractivity contribution in [1.82, 2.24) is 9.88 Å². The van der Waals surface area contributed by atoms with E-state index in [1.165, 1.54) is 0 Å². The molecule has 1 aromatic heterocycles. The van der Waals surface area contributed by atoms with Crippen LogP contribution in [0.2, 0.25) is 5.15 Å². The molecule has 1 aromatic carbocycles. The van der Waals surface area contributed by atoms with Gasteiger partial charge in [-0.15, -0.1) is 0 Å². The van der Waals surface area contributed by atoms with Gasteiger partial charge in [0, 0.05) is 12.7 Å². The molecule has 0 saturated carbocycles. The molecule has 5 nitrogen and oxygen atoms in total. The summed E-state index contributed by atoms with van der Waals surface area (Å²) in [7, 11) is 0. The number of benzene rings is 1. The van der Waals surface area contributed by atoms with Crippen LogP contribution in [-0.4, -0.2) is 22.5 Å². The van der Waals surface area contributed by atoms with Crippen LogP contribution in [0.4, 0.5) is 4.79 Å². The summed E-state index contributed by atoms with van der Waals surface area (Å²) in [5, 5.41) is 9.49. The maximum atomic E-state index is 12.3. The zero-order valence-corrected chi connectivity index (χ0v) is 13.8. The lowest BCUT2D eigenvalue weighted by atomic mass is 10.0. The number of fused-ring (bicyclic) bond motifs is 1. The molecule has 2 aromatic rings. The van der Waals surface area contributed by atoms with E-state index in [-0.39, 0.29) is 17.9 Å². The summed E-state index contributed by atoms with van der Waals surface area (Å²) in [5.74, 6) is 0. The lowest BCUT2D eigenvalue weighted by Gasteiger charge is -2.20. The van der Waals surface area contributed by atoms with E-state index in [0.29, 0.717) is 25.1 Å². The van der Waals surface area contributed by atoms with Gasteiger partial charge in [-0.05, 0) is 29.5 Å². The highest BCUT2D eigenvalue weighted by atomic mass is 35.5. The fraction of sp³-hybridized carbons (Fsp3) is 0.278. The molecule has 0 spiro atoms. The molecule has 0 saturated heterocycles. The van der Waals surface area contributed by atoms with E-state index in [0.717, 1.165) is 23.1 Å². The van der Waals surface area contributed by atoms with Gasteiger partial charge in [-0.2, -0.15) is 5.26 Å². The minimum atomic E-state index is -0.361. The summed E-state index contributed by atoms with van der Waals surface area (Å²) in [4.78, 5) is 18.0. The van der Waals surface area contributed by atoms with Crippen LogP contribution >= 0.6 is 11.6 Å². The molecule has 0 fully saturated rings. The van der Waals surface area contributed by atoms with E-state index < -0.39 is 0 Å². The molecule has 1 aliphatic rings. The third kappa shape index (κ3) is 3.50. The summed E-state index contributed by atoms with van der Waals surface area (Å²) in [6, 6.07) is 11.7. The van der Waals surface area contributed by atoms with Crippen molar-refractivity contribution in [3.8, 4) is 6.07 Å². The van der Waals surface area contributed by atoms with Crippen molar-refractivity contribution in [2.75, 3.05) is 6.54 Å². The third-order valence-electron chi connectivity index (χ3n) is 4.02. The van der Waals surface area contributed by atoms with Crippen LogP contribution in [-0.2, 0) is 24.3 Å². The summed E-state index contributed by atoms with van der Waals surface area (Å²) in [5.41, 5.74) is 3.09. The molecular formula is C18H16ClN3O2. The van der Waals surface area contributed by atoms with E-state index in [2.05, 4.69) is 11.1 Å². The molecule has 0 bridgehead atoms. The Balaban J connectivity index is 1.72. The van der Waals surface area contributed by atoms with Crippen LogP contribution in [0.25, 0.3) is 0 Å². The second-order valence-corrected chi connectivity index (χ2v) is 5.96. The van der Waals surface area contributed by atoms with Gasteiger partial charge in [-0.3, -0.25) is 0 Å². The van der Waals surface area contributed by atoms with Crippen molar-refractivity contribution in [3.05, 3.63) is 63.9 Å². The Morgan fingerprint density at radius 3 is 2.92 bits per heavy atom. The quantitative estimate of drug-likeness (QED) is 0.781. The highest BCUT2D eigenvalue weighted by Crippen LogP contribution is 2.26. The van der Waals surface area contributed by atoms with Crippen molar-refractivity contribution in [2.45, 2.75) is 26.0 Å². The van der Waals surface area contributed by atoms with Crippen LogP contribution in [0, 0.1) is 11.3 Å². The van der Waals surface area contributed by atoms with Crippen LogP contribution < -0.4 is 0 Å². The molecule has 24 heavy (non-hydrogen) atoms. The molecule has 0 N–H and O–H groups in total. The Morgan fingerprint density at radius 1 is 1.38 bits per heavy atom. The average molecular weight is 342 g/mol. The van der Waals surface area contributed by atoms with Crippen LogP contribution in [0.1, 0.15) is 28.7 Å². The highest BCUT2D eigenvalue weighted by molar-refractivity contribution is 6.30. The minimum absolute atomic E-state index is 0.219. The van der Waals surface area contributed by atoms with Gasteiger partial charge in [0.1, 0.15) is 17.8 Å².